The van der Waals surface area contributed by atoms with Gasteiger partial charge in [0.05, 0.1) is 9.82 Å². The van der Waals surface area contributed by atoms with Crippen molar-refractivity contribution < 1.29 is 22.6 Å². The molecule has 0 amide bonds. The molecule has 0 N–H and O–H groups in total. The van der Waals surface area contributed by atoms with Gasteiger partial charge in [0.15, 0.2) is 5.78 Å². The van der Waals surface area contributed by atoms with E-state index in [2.05, 4.69) is 0 Å². The molecule has 1 fully saturated rings. The highest BCUT2D eigenvalue weighted by atomic mass is 32.2. The Morgan fingerprint density at radius 2 is 1.62 bits per heavy atom. The van der Waals surface area contributed by atoms with Gasteiger partial charge in [-0.2, -0.15) is 4.31 Å². The minimum absolute atomic E-state index is 0.00901. The van der Waals surface area contributed by atoms with Crippen molar-refractivity contribution in [1.29, 1.82) is 0 Å². The maximum atomic E-state index is 12.6. The van der Waals surface area contributed by atoms with Crippen molar-refractivity contribution in [2.24, 2.45) is 0 Å². The molecule has 164 valence electrons. The zero-order chi connectivity index (χ0) is 22.7. The van der Waals surface area contributed by atoms with Crippen LogP contribution < -0.4 is 0 Å². The van der Waals surface area contributed by atoms with E-state index in [1.165, 1.54) is 52.9 Å². The van der Waals surface area contributed by atoms with Crippen LogP contribution in [-0.2, 0) is 10.0 Å². The van der Waals surface area contributed by atoms with Gasteiger partial charge < -0.3 is 4.42 Å². The van der Waals surface area contributed by atoms with Crippen LogP contribution in [0.3, 0.4) is 0 Å². The predicted molar refractivity (Wildman–Crippen MR) is 119 cm³/mol. The molecule has 1 saturated heterocycles. The summed E-state index contributed by atoms with van der Waals surface area (Å²) >= 11 is 0. The fraction of sp³-hybridized carbons (Fsp3) is 0.174. The second-order valence-electron chi connectivity index (χ2n) is 7.34. The molecule has 0 aliphatic carbocycles. The second kappa shape index (κ2) is 8.89. The maximum Gasteiger partial charge on any atom is 0.269 e. The van der Waals surface area contributed by atoms with Crippen LogP contribution in [-0.4, -0.2) is 36.5 Å². The summed E-state index contributed by atoms with van der Waals surface area (Å²) in [4.78, 5) is 22.9. The van der Waals surface area contributed by atoms with E-state index in [1.54, 1.807) is 24.3 Å². The molecule has 3 aromatic rings. The number of non-ortho nitro benzene ring substituents is 1. The van der Waals surface area contributed by atoms with Crippen molar-refractivity contribution in [2.75, 3.05) is 13.1 Å². The Kier molecular flexibility index (Phi) is 6.02. The van der Waals surface area contributed by atoms with Crippen LogP contribution in [0.2, 0.25) is 0 Å². The highest BCUT2D eigenvalue weighted by Gasteiger charge is 2.27. The van der Waals surface area contributed by atoms with Gasteiger partial charge in [-0.15, -0.1) is 0 Å². The number of furan rings is 1. The molecule has 32 heavy (non-hydrogen) atoms. The van der Waals surface area contributed by atoms with E-state index in [9.17, 15) is 23.3 Å². The van der Waals surface area contributed by atoms with Crippen LogP contribution in [0.4, 0.5) is 5.69 Å². The third-order valence-corrected chi connectivity index (χ3v) is 7.14. The molecule has 9 heteroatoms. The smallest absolute Gasteiger partial charge is 0.269 e. The van der Waals surface area contributed by atoms with E-state index in [-0.39, 0.29) is 16.4 Å². The fourth-order valence-corrected chi connectivity index (χ4v) is 4.98. The largest absolute Gasteiger partial charge is 0.457 e. The number of benzene rings is 2. The molecule has 0 bridgehead atoms. The Morgan fingerprint density at radius 3 is 2.25 bits per heavy atom. The Balaban J connectivity index is 1.44. The number of ketones is 1. The van der Waals surface area contributed by atoms with Gasteiger partial charge in [-0.3, -0.25) is 14.9 Å². The lowest BCUT2D eigenvalue weighted by Crippen LogP contribution is -2.27. The zero-order valence-electron chi connectivity index (χ0n) is 17.0. The maximum absolute atomic E-state index is 12.6. The van der Waals surface area contributed by atoms with E-state index < -0.39 is 14.9 Å². The summed E-state index contributed by atoms with van der Waals surface area (Å²) in [5.74, 6) is 0.673. The van der Waals surface area contributed by atoms with Gasteiger partial charge in [-0.05, 0) is 73.5 Å². The monoisotopic (exact) mass is 452 g/mol. The Morgan fingerprint density at radius 1 is 0.969 bits per heavy atom. The minimum Gasteiger partial charge on any atom is -0.457 e. The quantitative estimate of drug-likeness (QED) is 0.225. The van der Waals surface area contributed by atoms with E-state index in [1.807, 2.05) is 0 Å². The summed E-state index contributed by atoms with van der Waals surface area (Å²) in [6.45, 7) is 1.05. The van der Waals surface area contributed by atoms with Crippen LogP contribution in [0.25, 0.3) is 17.4 Å². The minimum atomic E-state index is -3.52. The normalized spacial score (nSPS) is 14.8. The number of rotatable bonds is 7. The molecular weight excluding hydrogens is 432 g/mol. The zero-order valence-corrected chi connectivity index (χ0v) is 17.8. The van der Waals surface area contributed by atoms with E-state index in [4.69, 9.17) is 4.42 Å². The number of nitrogens with zero attached hydrogens (tertiary/aromatic N) is 2. The molecule has 0 saturated carbocycles. The number of nitro groups is 1. The van der Waals surface area contributed by atoms with Gasteiger partial charge in [0.1, 0.15) is 11.5 Å². The van der Waals surface area contributed by atoms with Gasteiger partial charge in [-0.1, -0.05) is 0 Å². The molecular formula is C23H20N2O6S. The molecule has 1 aliphatic rings. The molecule has 2 aromatic carbocycles. The molecule has 0 radical (unpaired) electrons. The number of sulfonamides is 1. The predicted octanol–water partition coefficient (Wildman–Crippen LogP) is 4.54. The first kappa shape index (κ1) is 21.7. The van der Waals surface area contributed by atoms with Crippen molar-refractivity contribution in [3.63, 3.8) is 0 Å². The molecule has 4 rings (SSSR count). The third kappa shape index (κ3) is 4.53. The van der Waals surface area contributed by atoms with Crippen LogP contribution in [0, 0.1) is 10.1 Å². The number of hydrogen-bond donors (Lipinski definition) is 0. The van der Waals surface area contributed by atoms with Crippen LogP contribution >= 0.6 is 0 Å². The van der Waals surface area contributed by atoms with E-state index in [0.29, 0.717) is 35.7 Å². The fourth-order valence-electron chi connectivity index (χ4n) is 3.47. The van der Waals surface area contributed by atoms with Crippen LogP contribution in [0.5, 0.6) is 0 Å². The summed E-state index contributed by atoms with van der Waals surface area (Å²) in [6, 6.07) is 15.3. The summed E-state index contributed by atoms with van der Waals surface area (Å²) in [5, 5.41) is 10.8. The van der Waals surface area contributed by atoms with Crippen molar-refractivity contribution in [3.05, 3.63) is 88.2 Å². The molecule has 8 nitrogen and oxygen atoms in total. The summed E-state index contributed by atoms with van der Waals surface area (Å²) in [7, 11) is -3.52. The topological polar surface area (TPSA) is 111 Å². The number of hydrogen-bond acceptors (Lipinski definition) is 6. The summed E-state index contributed by atoms with van der Waals surface area (Å²) < 4.78 is 32.3. The average molecular weight is 452 g/mol. The van der Waals surface area contributed by atoms with Crippen molar-refractivity contribution >= 4 is 27.6 Å². The lowest BCUT2D eigenvalue weighted by Gasteiger charge is -2.15. The summed E-state index contributed by atoms with van der Waals surface area (Å²) in [5.41, 5.74) is 1.03. The van der Waals surface area contributed by atoms with Crippen LogP contribution in [0.15, 0.2) is 76.1 Å². The number of carbonyl (C=O) groups is 1. The molecule has 2 heterocycles. The number of allylic oxidation sites excluding steroid dienone is 1. The molecule has 0 unspecified atom stereocenters. The Hall–Kier alpha value is -3.56. The first-order valence-electron chi connectivity index (χ1n) is 10.0. The van der Waals surface area contributed by atoms with Crippen LogP contribution in [0.1, 0.15) is 29.0 Å². The number of carbonyl (C=O) groups excluding carboxylic acids is 1. The van der Waals surface area contributed by atoms with Crippen molar-refractivity contribution in [1.82, 2.24) is 4.31 Å². The molecule has 0 atom stereocenters. The molecule has 0 spiro atoms. The van der Waals surface area contributed by atoms with Gasteiger partial charge in [0, 0.05) is 36.3 Å². The van der Waals surface area contributed by atoms with Crippen molar-refractivity contribution in [2.45, 2.75) is 17.7 Å². The summed E-state index contributed by atoms with van der Waals surface area (Å²) in [6.07, 6.45) is 4.59. The Bertz CT molecular complexity index is 1270. The van der Waals surface area contributed by atoms with E-state index >= 15 is 0 Å². The standard InChI is InChI=1S/C23H20N2O6S/c26-22(17-5-11-21(12-6-17)32(29,30)24-15-1-2-16-24)13-9-20-10-14-23(31-20)18-3-7-19(8-4-18)25(27)28/h3-14H,1-2,15-16H2/b13-9+. The van der Waals surface area contributed by atoms with Gasteiger partial charge in [0.25, 0.3) is 5.69 Å². The lowest BCUT2D eigenvalue weighted by atomic mass is 10.1. The first-order chi connectivity index (χ1) is 15.3. The molecule has 1 aromatic heterocycles. The third-order valence-electron chi connectivity index (χ3n) is 5.23. The second-order valence-corrected chi connectivity index (χ2v) is 9.28. The van der Waals surface area contributed by atoms with Gasteiger partial charge in [-0.25, -0.2) is 8.42 Å². The Labute approximate surface area is 185 Å². The highest BCUT2D eigenvalue weighted by molar-refractivity contribution is 7.89. The number of nitro benzene ring substituents is 1. The van der Waals surface area contributed by atoms with E-state index in [0.717, 1.165) is 12.8 Å². The van der Waals surface area contributed by atoms with Crippen molar-refractivity contribution in [3.8, 4) is 11.3 Å². The molecule has 1 aliphatic heterocycles. The average Bonchev–Trinajstić information content (AvgIpc) is 3.50. The SMILES string of the molecule is O=C(/C=C/c1ccc(-c2ccc([N+](=O)[O-])cc2)o1)c1ccc(S(=O)(=O)N2CCCC2)cc1. The van der Waals surface area contributed by atoms with Gasteiger partial charge in [0.2, 0.25) is 10.0 Å². The van der Waals surface area contributed by atoms with Gasteiger partial charge >= 0.3 is 0 Å². The first-order valence-corrected chi connectivity index (χ1v) is 11.5. The lowest BCUT2D eigenvalue weighted by molar-refractivity contribution is -0.384. The highest BCUT2D eigenvalue weighted by Crippen LogP contribution is 2.25.